The minimum atomic E-state index is -0.481. The standard InChI is InChI=1S/C21H24ClN3O3/c1-24-10-12-25(13-11-24)19(15-6-4-3-5-7-15)20(26)23-18-14-16(21(27)28-2)8-9-17(18)22/h3-9,14,19H,10-13H2,1-2H3,(H,23,26). The number of carbonyl (C=O) groups excluding carboxylic acids is 2. The Bertz CT molecular complexity index is 836. The predicted octanol–water partition coefficient (Wildman–Crippen LogP) is 3.05. The predicted molar refractivity (Wildman–Crippen MR) is 110 cm³/mol. The van der Waals surface area contributed by atoms with E-state index in [2.05, 4.69) is 22.2 Å². The lowest BCUT2D eigenvalue weighted by Gasteiger charge is -2.37. The maximum Gasteiger partial charge on any atom is 0.337 e. The fourth-order valence-corrected chi connectivity index (χ4v) is 3.48. The third-order valence-electron chi connectivity index (χ3n) is 4.91. The van der Waals surface area contributed by atoms with Crippen LogP contribution in [0.2, 0.25) is 5.02 Å². The molecule has 2 aromatic rings. The summed E-state index contributed by atoms with van der Waals surface area (Å²) < 4.78 is 4.75. The summed E-state index contributed by atoms with van der Waals surface area (Å²) in [4.78, 5) is 29.5. The van der Waals surface area contributed by atoms with Crippen LogP contribution in [0.3, 0.4) is 0 Å². The van der Waals surface area contributed by atoms with Gasteiger partial charge in [-0.05, 0) is 30.8 Å². The van der Waals surface area contributed by atoms with Gasteiger partial charge in [-0.3, -0.25) is 9.69 Å². The highest BCUT2D eigenvalue weighted by Gasteiger charge is 2.30. The molecule has 1 N–H and O–H groups in total. The van der Waals surface area contributed by atoms with E-state index in [0.717, 1.165) is 31.7 Å². The van der Waals surface area contributed by atoms with E-state index in [0.29, 0.717) is 16.3 Å². The summed E-state index contributed by atoms with van der Waals surface area (Å²) in [6.07, 6.45) is 0. The van der Waals surface area contributed by atoms with Crippen molar-refractivity contribution in [2.75, 3.05) is 45.7 Å². The van der Waals surface area contributed by atoms with E-state index in [1.54, 1.807) is 12.1 Å². The van der Waals surface area contributed by atoms with Crippen LogP contribution in [0.5, 0.6) is 0 Å². The van der Waals surface area contributed by atoms with Gasteiger partial charge in [-0.1, -0.05) is 41.9 Å². The zero-order chi connectivity index (χ0) is 20.1. The lowest BCUT2D eigenvalue weighted by Crippen LogP contribution is -2.48. The Morgan fingerprint density at radius 1 is 1.07 bits per heavy atom. The van der Waals surface area contributed by atoms with Crippen molar-refractivity contribution in [1.82, 2.24) is 9.80 Å². The molecule has 1 unspecified atom stereocenters. The highest BCUT2D eigenvalue weighted by molar-refractivity contribution is 6.34. The minimum Gasteiger partial charge on any atom is -0.465 e. The second kappa shape index (κ2) is 9.19. The number of nitrogens with one attached hydrogen (secondary N) is 1. The molecule has 0 radical (unpaired) electrons. The van der Waals surface area contributed by atoms with Crippen LogP contribution in [0.4, 0.5) is 5.69 Å². The number of nitrogens with zero attached hydrogens (tertiary/aromatic N) is 2. The third kappa shape index (κ3) is 4.70. The van der Waals surface area contributed by atoms with Gasteiger partial charge in [0.15, 0.2) is 0 Å². The fraction of sp³-hybridized carbons (Fsp3) is 0.333. The van der Waals surface area contributed by atoms with Gasteiger partial charge in [0.1, 0.15) is 6.04 Å². The quantitative estimate of drug-likeness (QED) is 0.780. The number of hydrogen-bond donors (Lipinski definition) is 1. The minimum absolute atomic E-state index is 0.181. The van der Waals surface area contributed by atoms with Crippen LogP contribution in [0, 0.1) is 0 Å². The average molecular weight is 402 g/mol. The van der Waals surface area contributed by atoms with Crippen LogP contribution >= 0.6 is 11.6 Å². The molecule has 1 amide bonds. The van der Waals surface area contributed by atoms with E-state index in [1.165, 1.54) is 13.2 Å². The van der Waals surface area contributed by atoms with Gasteiger partial charge in [0.2, 0.25) is 5.91 Å². The van der Waals surface area contributed by atoms with Crippen molar-refractivity contribution < 1.29 is 14.3 Å². The first kappa shape index (κ1) is 20.3. The number of ether oxygens (including phenoxy) is 1. The Kier molecular flexibility index (Phi) is 6.67. The summed E-state index contributed by atoms with van der Waals surface area (Å²) in [6, 6.07) is 13.9. The van der Waals surface area contributed by atoms with E-state index in [-0.39, 0.29) is 5.91 Å². The van der Waals surface area contributed by atoms with Crippen LogP contribution in [-0.2, 0) is 9.53 Å². The second-order valence-corrected chi connectivity index (χ2v) is 7.24. The van der Waals surface area contributed by atoms with Crippen LogP contribution in [0.15, 0.2) is 48.5 Å². The number of esters is 1. The van der Waals surface area contributed by atoms with Gasteiger partial charge in [-0.2, -0.15) is 0 Å². The molecule has 0 bridgehead atoms. The Morgan fingerprint density at radius 3 is 2.39 bits per heavy atom. The number of likely N-dealkylation sites (N-methyl/N-ethyl adjacent to an activating group) is 1. The average Bonchev–Trinajstić information content (AvgIpc) is 2.71. The number of methoxy groups -OCH3 is 1. The summed E-state index contributed by atoms with van der Waals surface area (Å²) in [5, 5.41) is 3.27. The molecule has 3 rings (SSSR count). The van der Waals surface area contributed by atoms with Crippen molar-refractivity contribution in [3.05, 3.63) is 64.7 Å². The van der Waals surface area contributed by atoms with Gasteiger partial charge in [-0.15, -0.1) is 0 Å². The molecule has 6 nitrogen and oxygen atoms in total. The third-order valence-corrected chi connectivity index (χ3v) is 5.24. The van der Waals surface area contributed by atoms with E-state index in [4.69, 9.17) is 16.3 Å². The molecule has 2 aromatic carbocycles. The first-order valence-electron chi connectivity index (χ1n) is 9.16. The Labute approximate surface area is 170 Å². The van der Waals surface area contributed by atoms with Crippen LogP contribution in [-0.4, -0.2) is 62.0 Å². The smallest absolute Gasteiger partial charge is 0.337 e. The summed E-state index contributed by atoms with van der Waals surface area (Å²) in [6.45, 7) is 3.38. The lowest BCUT2D eigenvalue weighted by atomic mass is 10.0. The van der Waals surface area contributed by atoms with Crippen molar-refractivity contribution in [2.24, 2.45) is 0 Å². The van der Waals surface area contributed by atoms with Crippen LogP contribution in [0.25, 0.3) is 0 Å². The van der Waals surface area contributed by atoms with Crippen molar-refractivity contribution in [2.45, 2.75) is 6.04 Å². The zero-order valence-corrected chi connectivity index (χ0v) is 16.8. The molecule has 28 heavy (non-hydrogen) atoms. The van der Waals surface area contributed by atoms with Crippen molar-refractivity contribution in [1.29, 1.82) is 0 Å². The van der Waals surface area contributed by atoms with Gasteiger partial charge in [0.25, 0.3) is 0 Å². The van der Waals surface area contributed by atoms with Crippen molar-refractivity contribution in [3.8, 4) is 0 Å². The van der Waals surface area contributed by atoms with Crippen LogP contribution in [0.1, 0.15) is 22.0 Å². The van der Waals surface area contributed by atoms with Gasteiger partial charge in [0, 0.05) is 26.2 Å². The molecule has 0 aromatic heterocycles. The number of rotatable bonds is 5. The molecule has 0 spiro atoms. The Hall–Kier alpha value is -2.41. The molecule has 1 heterocycles. The molecule has 1 fully saturated rings. The molecule has 7 heteroatoms. The van der Waals surface area contributed by atoms with E-state index >= 15 is 0 Å². The maximum absolute atomic E-state index is 13.3. The normalized spacial score (nSPS) is 16.4. The lowest BCUT2D eigenvalue weighted by molar-refractivity contribution is -0.122. The maximum atomic E-state index is 13.3. The van der Waals surface area contributed by atoms with Crippen molar-refractivity contribution in [3.63, 3.8) is 0 Å². The van der Waals surface area contributed by atoms with Gasteiger partial charge in [-0.25, -0.2) is 4.79 Å². The SMILES string of the molecule is COC(=O)c1ccc(Cl)c(NC(=O)C(c2ccccc2)N2CCN(C)CC2)c1. The molecule has 148 valence electrons. The van der Waals surface area contributed by atoms with E-state index in [1.807, 2.05) is 30.3 Å². The molecule has 1 aliphatic heterocycles. The van der Waals surface area contributed by atoms with E-state index in [9.17, 15) is 9.59 Å². The first-order chi connectivity index (χ1) is 13.5. The zero-order valence-electron chi connectivity index (χ0n) is 16.0. The molecule has 0 saturated carbocycles. The van der Waals surface area contributed by atoms with Gasteiger partial charge in [0.05, 0.1) is 23.4 Å². The molecular formula is C21H24ClN3O3. The highest BCUT2D eigenvalue weighted by atomic mass is 35.5. The molecule has 0 aliphatic carbocycles. The number of benzene rings is 2. The summed E-state index contributed by atoms with van der Waals surface area (Å²) in [5.74, 6) is -0.662. The number of hydrogen-bond acceptors (Lipinski definition) is 5. The molecular weight excluding hydrogens is 378 g/mol. The summed E-state index contributed by atoms with van der Waals surface area (Å²) >= 11 is 6.26. The number of anilines is 1. The fourth-order valence-electron chi connectivity index (χ4n) is 3.31. The molecule has 1 atom stereocenters. The van der Waals surface area contributed by atoms with Crippen LogP contribution < -0.4 is 5.32 Å². The Balaban J connectivity index is 1.87. The largest absolute Gasteiger partial charge is 0.465 e. The monoisotopic (exact) mass is 401 g/mol. The summed E-state index contributed by atoms with van der Waals surface area (Å²) in [7, 11) is 3.39. The summed E-state index contributed by atoms with van der Waals surface area (Å²) in [5.41, 5.74) is 1.65. The second-order valence-electron chi connectivity index (χ2n) is 6.83. The number of amides is 1. The number of piperazine rings is 1. The van der Waals surface area contributed by atoms with Crippen molar-refractivity contribution >= 4 is 29.2 Å². The number of halogens is 1. The topological polar surface area (TPSA) is 61.9 Å². The highest BCUT2D eigenvalue weighted by Crippen LogP contribution is 2.28. The first-order valence-corrected chi connectivity index (χ1v) is 9.53. The molecule has 1 aliphatic rings. The Morgan fingerprint density at radius 2 is 1.75 bits per heavy atom. The van der Waals surface area contributed by atoms with E-state index < -0.39 is 12.0 Å². The van der Waals surface area contributed by atoms with Gasteiger partial charge < -0.3 is 15.0 Å². The molecule has 1 saturated heterocycles. The number of carbonyl (C=O) groups is 2. The van der Waals surface area contributed by atoms with Gasteiger partial charge >= 0.3 is 5.97 Å².